The molecule has 0 radical (unpaired) electrons. The van der Waals surface area contributed by atoms with Crippen LogP contribution < -0.4 is 15.4 Å². The van der Waals surface area contributed by atoms with Crippen molar-refractivity contribution in [3.8, 4) is 5.75 Å². The van der Waals surface area contributed by atoms with E-state index in [2.05, 4.69) is 20.8 Å². The molecule has 9 heteroatoms. The van der Waals surface area contributed by atoms with Crippen molar-refractivity contribution in [1.29, 1.82) is 0 Å². The Morgan fingerprint density at radius 1 is 1.06 bits per heavy atom. The molecule has 168 valence electrons. The number of nitrogens with one attached hydrogen (secondary N) is 2. The Bertz CT molecular complexity index is 1070. The zero-order valence-corrected chi connectivity index (χ0v) is 19.2. The summed E-state index contributed by atoms with van der Waals surface area (Å²) in [7, 11) is 3.41. The fourth-order valence-corrected chi connectivity index (χ4v) is 3.80. The van der Waals surface area contributed by atoms with E-state index in [1.54, 1.807) is 18.7 Å². The number of nitrogens with zero attached hydrogens (tertiary/aromatic N) is 3. The third-order valence-corrected chi connectivity index (χ3v) is 5.92. The molecule has 2 aromatic carbocycles. The molecule has 0 aliphatic rings. The first-order valence-electron chi connectivity index (χ1n) is 10.3. The standard InChI is InChI=1S/C23H27N5O3S/c1-4-17-7-5-6-8-19(17)25-21(29)13-20-26-27-23(28(20)2)32-15-22(30)24-14-16-9-11-18(31-3)12-10-16/h5-12H,4,13-15H2,1-3H3,(H,24,30)(H,25,29). The summed E-state index contributed by atoms with van der Waals surface area (Å²) in [5.41, 5.74) is 2.88. The van der Waals surface area contributed by atoms with Gasteiger partial charge in [0.05, 0.1) is 19.3 Å². The highest BCUT2D eigenvalue weighted by Gasteiger charge is 2.15. The molecule has 0 spiro atoms. The molecule has 0 saturated heterocycles. The Hall–Kier alpha value is -3.33. The fraction of sp³-hybridized carbons (Fsp3) is 0.304. The Morgan fingerprint density at radius 2 is 1.81 bits per heavy atom. The van der Waals surface area contributed by atoms with Gasteiger partial charge < -0.3 is 19.9 Å². The maximum Gasteiger partial charge on any atom is 0.232 e. The van der Waals surface area contributed by atoms with Gasteiger partial charge in [0.25, 0.3) is 0 Å². The molecule has 8 nitrogen and oxygen atoms in total. The van der Waals surface area contributed by atoms with Crippen LogP contribution in [0.5, 0.6) is 5.75 Å². The minimum atomic E-state index is -0.157. The number of amides is 2. The average molecular weight is 454 g/mol. The highest BCUT2D eigenvalue weighted by atomic mass is 32.2. The monoisotopic (exact) mass is 453 g/mol. The molecular formula is C23H27N5O3S. The highest BCUT2D eigenvalue weighted by Crippen LogP contribution is 2.18. The van der Waals surface area contributed by atoms with Gasteiger partial charge in [0.1, 0.15) is 11.6 Å². The lowest BCUT2D eigenvalue weighted by molar-refractivity contribution is -0.118. The lowest BCUT2D eigenvalue weighted by Gasteiger charge is -2.09. The van der Waals surface area contributed by atoms with Crippen LogP contribution in [0.25, 0.3) is 0 Å². The molecule has 32 heavy (non-hydrogen) atoms. The van der Waals surface area contributed by atoms with Crippen molar-refractivity contribution in [3.63, 3.8) is 0 Å². The van der Waals surface area contributed by atoms with E-state index in [-0.39, 0.29) is 24.0 Å². The SMILES string of the molecule is CCc1ccccc1NC(=O)Cc1nnc(SCC(=O)NCc2ccc(OC)cc2)n1C. The number of carbonyl (C=O) groups is 2. The number of rotatable bonds is 10. The number of thioether (sulfide) groups is 1. The smallest absolute Gasteiger partial charge is 0.232 e. The number of hydrogen-bond donors (Lipinski definition) is 2. The number of methoxy groups -OCH3 is 1. The van der Waals surface area contributed by atoms with E-state index in [1.807, 2.05) is 55.5 Å². The summed E-state index contributed by atoms with van der Waals surface area (Å²) in [5, 5.41) is 14.6. The second-order valence-corrected chi connectivity index (χ2v) is 8.05. The van der Waals surface area contributed by atoms with Crippen molar-refractivity contribution in [3.05, 3.63) is 65.5 Å². The number of carbonyl (C=O) groups excluding carboxylic acids is 2. The summed E-state index contributed by atoms with van der Waals surface area (Å²) >= 11 is 1.28. The van der Waals surface area contributed by atoms with E-state index in [4.69, 9.17) is 4.74 Å². The molecule has 3 rings (SSSR count). The van der Waals surface area contributed by atoms with Gasteiger partial charge in [0.2, 0.25) is 11.8 Å². The Kier molecular flexibility index (Phi) is 8.27. The minimum Gasteiger partial charge on any atom is -0.497 e. The van der Waals surface area contributed by atoms with E-state index < -0.39 is 0 Å². The molecule has 2 N–H and O–H groups in total. The minimum absolute atomic E-state index is 0.103. The fourth-order valence-electron chi connectivity index (χ4n) is 3.04. The summed E-state index contributed by atoms with van der Waals surface area (Å²) in [6.07, 6.45) is 0.938. The first-order valence-corrected chi connectivity index (χ1v) is 11.3. The first kappa shape index (κ1) is 23.3. The van der Waals surface area contributed by atoms with Gasteiger partial charge in [0.15, 0.2) is 5.16 Å². The topological polar surface area (TPSA) is 98.1 Å². The Morgan fingerprint density at radius 3 is 2.53 bits per heavy atom. The summed E-state index contributed by atoms with van der Waals surface area (Å²) in [6.45, 7) is 2.48. The maximum absolute atomic E-state index is 12.5. The van der Waals surface area contributed by atoms with Gasteiger partial charge in [0, 0.05) is 19.3 Å². The lowest BCUT2D eigenvalue weighted by Crippen LogP contribution is -2.24. The van der Waals surface area contributed by atoms with E-state index in [1.165, 1.54) is 11.8 Å². The van der Waals surface area contributed by atoms with Gasteiger partial charge in [-0.2, -0.15) is 0 Å². The van der Waals surface area contributed by atoms with Gasteiger partial charge in [-0.15, -0.1) is 10.2 Å². The van der Waals surface area contributed by atoms with E-state index in [0.29, 0.717) is 17.5 Å². The highest BCUT2D eigenvalue weighted by molar-refractivity contribution is 7.99. The summed E-state index contributed by atoms with van der Waals surface area (Å²) in [5.74, 6) is 1.26. The van der Waals surface area contributed by atoms with Crippen LogP contribution in [0.1, 0.15) is 23.9 Å². The molecule has 1 heterocycles. The van der Waals surface area contributed by atoms with Gasteiger partial charge >= 0.3 is 0 Å². The molecule has 0 atom stereocenters. The van der Waals surface area contributed by atoms with Crippen LogP contribution in [0.4, 0.5) is 5.69 Å². The zero-order valence-electron chi connectivity index (χ0n) is 18.4. The first-order chi connectivity index (χ1) is 15.5. The molecule has 0 saturated carbocycles. The number of para-hydroxylation sites is 1. The van der Waals surface area contributed by atoms with Gasteiger partial charge in [-0.3, -0.25) is 9.59 Å². The van der Waals surface area contributed by atoms with Crippen molar-refractivity contribution in [2.75, 3.05) is 18.2 Å². The molecule has 0 fully saturated rings. The van der Waals surface area contributed by atoms with E-state index in [0.717, 1.165) is 29.0 Å². The number of benzene rings is 2. The van der Waals surface area contributed by atoms with Crippen molar-refractivity contribution < 1.29 is 14.3 Å². The molecule has 2 amide bonds. The van der Waals surface area contributed by atoms with Crippen molar-refractivity contribution in [1.82, 2.24) is 20.1 Å². The molecule has 3 aromatic rings. The number of aryl methyl sites for hydroxylation is 1. The lowest BCUT2D eigenvalue weighted by atomic mass is 10.1. The van der Waals surface area contributed by atoms with Crippen LogP contribution in [0, 0.1) is 0 Å². The van der Waals surface area contributed by atoms with Gasteiger partial charge in [-0.1, -0.05) is 49.0 Å². The Labute approximate surface area is 191 Å². The van der Waals surface area contributed by atoms with Crippen LogP contribution in [0.2, 0.25) is 0 Å². The number of ether oxygens (including phenoxy) is 1. The van der Waals surface area contributed by atoms with Crippen molar-refractivity contribution >= 4 is 29.3 Å². The van der Waals surface area contributed by atoms with Crippen LogP contribution in [0.15, 0.2) is 53.7 Å². The predicted octanol–water partition coefficient (Wildman–Crippen LogP) is 2.98. The third-order valence-electron chi connectivity index (χ3n) is 4.90. The predicted molar refractivity (Wildman–Crippen MR) is 125 cm³/mol. The van der Waals surface area contributed by atoms with Crippen molar-refractivity contribution in [2.45, 2.75) is 31.5 Å². The normalized spacial score (nSPS) is 10.6. The van der Waals surface area contributed by atoms with Crippen LogP contribution >= 0.6 is 11.8 Å². The maximum atomic E-state index is 12.5. The zero-order chi connectivity index (χ0) is 22.9. The molecule has 0 unspecified atom stereocenters. The average Bonchev–Trinajstić information content (AvgIpc) is 3.15. The summed E-state index contributed by atoms with van der Waals surface area (Å²) in [4.78, 5) is 24.7. The molecule has 1 aromatic heterocycles. The third kappa shape index (κ3) is 6.34. The largest absolute Gasteiger partial charge is 0.497 e. The number of aromatic nitrogens is 3. The van der Waals surface area contributed by atoms with Gasteiger partial charge in [-0.05, 0) is 35.7 Å². The van der Waals surface area contributed by atoms with Crippen LogP contribution in [-0.4, -0.2) is 39.4 Å². The molecule has 0 bridgehead atoms. The van der Waals surface area contributed by atoms with Crippen LogP contribution in [0.3, 0.4) is 0 Å². The second kappa shape index (κ2) is 11.3. The van der Waals surface area contributed by atoms with Crippen molar-refractivity contribution in [2.24, 2.45) is 7.05 Å². The number of hydrogen-bond acceptors (Lipinski definition) is 6. The molecule has 0 aliphatic carbocycles. The second-order valence-electron chi connectivity index (χ2n) is 7.11. The Balaban J connectivity index is 1.48. The summed E-state index contributed by atoms with van der Waals surface area (Å²) < 4.78 is 6.87. The number of anilines is 1. The molecular weight excluding hydrogens is 426 g/mol. The van der Waals surface area contributed by atoms with E-state index in [9.17, 15) is 9.59 Å². The van der Waals surface area contributed by atoms with Crippen LogP contribution in [-0.2, 0) is 36.0 Å². The quantitative estimate of drug-likeness (QED) is 0.458. The molecule has 0 aliphatic heterocycles. The van der Waals surface area contributed by atoms with E-state index >= 15 is 0 Å². The van der Waals surface area contributed by atoms with Gasteiger partial charge in [-0.25, -0.2) is 0 Å². The summed E-state index contributed by atoms with van der Waals surface area (Å²) in [6, 6.07) is 15.3.